The molecule has 2 rings (SSSR count). The van der Waals surface area contributed by atoms with Crippen molar-refractivity contribution in [2.45, 2.75) is 26.2 Å². The topological polar surface area (TPSA) is 55.1 Å². The predicted molar refractivity (Wildman–Crippen MR) is 68.8 cm³/mol. The number of nitrogens with two attached hydrogens (primary N) is 1. The van der Waals surface area contributed by atoms with Crippen molar-refractivity contribution < 1.29 is 9.18 Å². The van der Waals surface area contributed by atoms with E-state index in [4.69, 9.17) is 5.73 Å². The van der Waals surface area contributed by atoms with E-state index in [1.165, 1.54) is 12.1 Å². The van der Waals surface area contributed by atoms with Crippen LogP contribution in [0.25, 0.3) is 0 Å². The summed E-state index contributed by atoms with van der Waals surface area (Å²) in [5, 5.41) is 2.88. The summed E-state index contributed by atoms with van der Waals surface area (Å²) in [6.45, 7) is 3.06. The van der Waals surface area contributed by atoms with Gasteiger partial charge in [0.05, 0.1) is 0 Å². The molecule has 3 N–H and O–H groups in total. The van der Waals surface area contributed by atoms with Crippen LogP contribution in [0.1, 0.15) is 35.2 Å². The van der Waals surface area contributed by atoms with Gasteiger partial charge in [-0.05, 0) is 61.9 Å². The molecule has 0 aliphatic heterocycles. The number of aryl methyl sites for hydroxylation is 1. The minimum atomic E-state index is -0.372. The summed E-state index contributed by atoms with van der Waals surface area (Å²) in [5.41, 5.74) is 6.89. The number of hydrogen-bond donors (Lipinski definition) is 2. The number of halogens is 1. The van der Waals surface area contributed by atoms with Crippen LogP contribution in [0.2, 0.25) is 0 Å². The quantitative estimate of drug-likeness (QED) is 0.839. The van der Waals surface area contributed by atoms with Gasteiger partial charge in [0.25, 0.3) is 5.91 Å². The smallest absolute Gasteiger partial charge is 0.251 e. The third-order valence-corrected chi connectivity index (χ3v) is 3.56. The average molecular weight is 250 g/mol. The first-order valence-corrected chi connectivity index (χ1v) is 6.30. The van der Waals surface area contributed by atoms with Crippen molar-refractivity contribution in [3.8, 4) is 0 Å². The lowest BCUT2D eigenvalue weighted by Crippen LogP contribution is -2.31. The molecule has 0 atom stereocenters. The Morgan fingerprint density at radius 3 is 2.72 bits per heavy atom. The second-order valence-electron chi connectivity index (χ2n) is 5.24. The molecule has 0 spiro atoms. The molecule has 1 aromatic carbocycles. The van der Waals surface area contributed by atoms with E-state index in [0.29, 0.717) is 18.7 Å². The van der Waals surface area contributed by atoms with E-state index in [2.05, 4.69) is 5.32 Å². The van der Waals surface area contributed by atoms with Crippen LogP contribution in [-0.2, 0) is 0 Å². The molecule has 4 heteroatoms. The molecule has 0 radical (unpaired) electrons. The maximum Gasteiger partial charge on any atom is 0.251 e. The van der Waals surface area contributed by atoms with Crippen LogP contribution in [0.3, 0.4) is 0 Å². The van der Waals surface area contributed by atoms with Crippen molar-refractivity contribution >= 4 is 5.91 Å². The van der Waals surface area contributed by atoms with Gasteiger partial charge in [0.1, 0.15) is 5.82 Å². The summed E-state index contributed by atoms with van der Waals surface area (Å²) < 4.78 is 13.2. The highest BCUT2D eigenvalue weighted by molar-refractivity contribution is 5.94. The molecular weight excluding hydrogens is 231 g/mol. The lowest BCUT2D eigenvalue weighted by atomic mass is 10.0. The summed E-state index contributed by atoms with van der Waals surface area (Å²) in [7, 11) is 0. The normalized spacial score (nSPS) is 16.4. The SMILES string of the molecule is Cc1cc(F)cc(C(=O)NCC2(CCN)CC2)c1. The average Bonchev–Trinajstić information content (AvgIpc) is 3.06. The largest absolute Gasteiger partial charge is 0.351 e. The van der Waals surface area contributed by atoms with Gasteiger partial charge in [-0.25, -0.2) is 4.39 Å². The van der Waals surface area contributed by atoms with Crippen molar-refractivity contribution in [2.75, 3.05) is 13.1 Å². The van der Waals surface area contributed by atoms with E-state index in [1.807, 2.05) is 0 Å². The molecule has 1 amide bonds. The number of rotatable bonds is 5. The molecule has 1 aromatic rings. The van der Waals surface area contributed by atoms with Gasteiger partial charge < -0.3 is 11.1 Å². The first-order chi connectivity index (χ1) is 8.54. The molecule has 0 heterocycles. The van der Waals surface area contributed by atoms with Crippen molar-refractivity contribution in [3.05, 3.63) is 35.1 Å². The molecule has 1 saturated carbocycles. The molecule has 1 aliphatic rings. The van der Waals surface area contributed by atoms with Crippen molar-refractivity contribution in [2.24, 2.45) is 11.1 Å². The van der Waals surface area contributed by atoms with Gasteiger partial charge >= 0.3 is 0 Å². The molecule has 1 fully saturated rings. The Morgan fingerprint density at radius 2 is 2.17 bits per heavy atom. The molecule has 0 bridgehead atoms. The van der Waals surface area contributed by atoms with Crippen molar-refractivity contribution in [3.63, 3.8) is 0 Å². The summed E-state index contributed by atoms with van der Waals surface area (Å²) in [6, 6.07) is 4.37. The summed E-state index contributed by atoms with van der Waals surface area (Å²) >= 11 is 0. The lowest BCUT2D eigenvalue weighted by molar-refractivity contribution is 0.0943. The Morgan fingerprint density at radius 1 is 1.44 bits per heavy atom. The molecule has 1 aliphatic carbocycles. The van der Waals surface area contributed by atoms with Crippen molar-refractivity contribution in [1.29, 1.82) is 0 Å². The standard InChI is InChI=1S/C14H19FN2O/c1-10-6-11(8-12(15)7-10)13(18)17-9-14(2-3-14)4-5-16/h6-8H,2-5,9,16H2,1H3,(H,17,18). The van der Waals surface area contributed by atoms with E-state index < -0.39 is 0 Å². The van der Waals surface area contributed by atoms with Gasteiger partial charge in [-0.15, -0.1) is 0 Å². The van der Waals surface area contributed by atoms with Gasteiger partial charge in [-0.1, -0.05) is 0 Å². The highest BCUT2D eigenvalue weighted by Gasteiger charge is 2.41. The third kappa shape index (κ3) is 3.07. The number of benzene rings is 1. The monoisotopic (exact) mass is 250 g/mol. The molecular formula is C14H19FN2O. The summed E-state index contributed by atoms with van der Waals surface area (Å²) in [6.07, 6.45) is 3.18. The third-order valence-electron chi connectivity index (χ3n) is 3.56. The lowest BCUT2D eigenvalue weighted by Gasteiger charge is -2.15. The Labute approximate surface area is 107 Å². The zero-order valence-corrected chi connectivity index (χ0v) is 10.6. The van der Waals surface area contributed by atoms with Gasteiger partial charge in [-0.2, -0.15) is 0 Å². The molecule has 0 saturated heterocycles. The maximum atomic E-state index is 13.2. The molecule has 0 unspecified atom stereocenters. The van der Waals surface area contributed by atoms with Crippen LogP contribution < -0.4 is 11.1 Å². The second-order valence-corrected chi connectivity index (χ2v) is 5.24. The fourth-order valence-electron chi connectivity index (χ4n) is 2.24. The Kier molecular flexibility index (Phi) is 3.66. The van der Waals surface area contributed by atoms with Crippen LogP contribution in [0.5, 0.6) is 0 Å². The predicted octanol–water partition coefficient (Wildman–Crippen LogP) is 1.99. The van der Waals surface area contributed by atoms with Crippen LogP contribution in [0, 0.1) is 18.2 Å². The van der Waals surface area contributed by atoms with E-state index in [9.17, 15) is 9.18 Å². The Bertz CT molecular complexity index is 435. The molecule has 18 heavy (non-hydrogen) atoms. The van der Waals surface area contributed by atoms with E-state index >= 15 is 0 Å². The number of nitrogens with one attached hydrogen (secondary N) is 1. The van der Waals surface area contributed by atoms with Gasteiger partial charge in [0, 0.05) is 12.1 Å². The molecule has 98 valence electrons. The highest BCUT2D eigenvalue weighted by Crippen LogP contribution is 2.47. The van der Waals surface area contributed by atoms with Gasteiger partial charge in [0.2, 0.25) is 0 Å². The number of carbonyl (C=O) groups is 1. The van der Waals surface area contributed by atoms with Crippen LogP contribution in [0.15, 0.2) is 18.2 Å². The van der Waals surface area contributed by atoms with E-state index in [-0.39, 0.29) is 17.1 Å². The minimum Gasteiger partial charge on any atom is -0.351 e. The van der Waals surface area contributed by atoms with Crippen LogP contribution in [0.4, 0.5) is 4.39 Å². The Balaban J connectivity index is 1.95. The highest BCUT2D eigenvalue weighted by atomic mass is 19.1. The summed E-state index contributed by atoms with van der Waals surface area (Å²) in [5.74, 6) is -0.580. The fraction of sp³-hybridized carbons (Fsp3) is 0.500. The zero-order chi connectivity index (χ0) is 13.2. The molecule has 3 nitrogen and oxygen atoms in total. The summed E-state index contributed by atoms with van der Waals surface area (Å²) in [4.78, 5) is 11.9. The van der Waals surface area contributed by atoms with Gasteiger partial charge in [-0.3, -0.25) is 4.79 Å². The maximum absolute atomic E-state index is 13.2. The minimum absolute atomic E-state index is 0.201. The Hall–Kier alpha value is -1.42. The zero-order valence-electron chi connectivity index (χ0n) is 10.6. The fourth-order valence-corrected chi connectivity index (χ4v) is 2.24. The first-order valence-electron chi connectivity index (χ1n) is 6.30. The van der Waals surface area contributed by atoms with Gasteiger partial charge in [0.15, 0.2) is 0 Å². The number of hydrogen-bond acceptors (Lipinski definition) is 2. The second kappa shape index (κ2) is 5.06. The van der Waals surface area contributed by atoms with Crippen LogP contribution >= 0.6 is 0 Å². The van der Waals surface area contributed by atoms with E-state index in [1.54, 1.807) is 13.0 Å². The number of amides is 1. The first kappa shape index (κ1) is 13.0. The van der Waals surface area contributed by atoms with E-state index in [0.717, 1.165) is 24.8 Å². The number of carbonyl (C=O) groups excluding carboxylic acids is 1. The molecule has 0 aromatic heterocycles. The van der Waals surface area contributed by atoms with Crippen LogP contribution in [-0.4, -0.2) is 19.0 Å². The van der Waals surface area contributed by atoms with Crippen molar-refractivity contribution in [1.82, 2.24) is 5.32 Å².